The van der Waals surface area contributed by atoms with Crippen molar-refractivity contribution in [3.05, 3.63) is 45.9 Å². The number of aryl methyl sites for hydroxylation is 2. The van der Waals surface area contributed by atoms with E-state index in [1.54, 1.807) is 12.1 Å². The first-order valence-electron chi connectivity index (χ1n) is 7.62. The second-order valence-electron chi connectivity index (χ2n) is 5.56. The Morgan fingerprint density at radius 2 is 1.83 bits per heavy atom. The van der Waals surface area contributed by atoms with Crippen LogP contribution in [-0.2, 0) is 4.79 Å². The van der Waals surface area contributed by atoms with E-state index >= 15 is 0 Å². The van der Waals surface area contributed by atoms with Gasteiger partial charge < -0.3 is 19.5 Å². The van der Waals surface area contributed by atoms with Crippen LogP contribution in [0.2, 0.25) is 0 Å². The lowest BCUT2D eigenvalue weighted by atomic mass is 10.1. The van der Waals surface area contributed by atoms with Gasteiger partial charge in [0, 0.05) is 16.6 Å². The minimum absolute atomic E-state index is 0.0661. The maximum atomic E-state index is 12.1. The molecule has 5 nitrogen and oxygen atoms in total. The molecule has 2 aromatic rings. The molecule has 0 aromatic heterocycles. The van der Waals surface area contributed by atoms with E-state index in [4.69, 9.17) is 14.2 Å². The third kappa shape index (κ3) is 3.82. The maximum Gasteiger partial charge on any atom is 0.262 e. The molecule has 1 N–H and O–H groups in total. The quantitative estimate of drug-likeness (QED) is 0.859. The Kier molecular flexibility index (Phi) is 4.94. The van der Waals surface area contributed by atoms with Crippen LogP contribution in [0.5, 0.6) is 17.2 Å². The highest BCUT2D eigenvalue weighted by Crippen LogP contribution is 2.38. The molecule has 1 aliphatic heterocycles. The summed E-state index contributed by atoms with van der Waals surface area (Å²) in [6, 6.07) is 9.28. The molecule has 0 radical (unpaired) electrons. The molecule has 1 amide bonds. The van der Waals surface area contributed by atoms with Gasteiger partial charge in [0.15, 0.2) is 18.1 Å². The molecule has 0 aliphatic carbocycles. The number of ether oxygens (including phenoxy) is 3. The Morgan fingerprint density at radius 3 is 2.54 bits per heavy atom. The zero-order valence-electron chi connectivity index (χ0n) is 13.5. The lowest BCUT2D eigenvalue weighted by Crippen LogP contribution is -2.21. The molecule has 0 atom stereocenters. The minimum Gasteiger partial charge on any atom is -0.486 e. The third-order valence-corrected chi connectivity index (χ3v) is 4.41. The van der Waals surface area contributed by atoms with E-state index in [0.717, 1.165) is 10.0 Å². The Bertz CT molecular complexity index is 776. The lowest BCUT2D eigenvalue weighted by Gasteiger charge is -2.20. The van der Waals surface area contributed by atoms with Gasteiger partial charge in [-0.05, 0) is 53.0 Å². The smallest absolute Gasteiger partial charge is 0.262 e. The largest absolute Gasteiger partial charge is 0.486 e. The number of nitrogens with one attached hydrogen (secondary N) is 1. The Balaban J connectivity index is 1.63. The molecule has 0 saturated carbocycles. The molecule has 0 fully saturated rings. The fourth-order valence-corrected chi connectivity index (χ4v) is 2.72. The van der Waals surface area contributed by atoms with Crippen molar-refractivity contribution in [1.29, 1.82) is 0 Å². The molecule has 3 rings (SSSR count). The third-order valence-electron chi connectivity index (χ3n) is 3.75. The van der Waals surface area contributed by atoms with E-state index in [0.29, 0.717) is 36.1 Å². The molecule has 0 spiro atoms. The fourth-order valence-electron chi connectivity index (χ4n) is 2.30. The van der Waals surface area contributed by atoms with E-state index in [9.17, 15) is 4.79 Å². The van der Waals surface area contributed by atoms with Crippen molar-refractivity contribution < 1.29 is 19.0 Å². The number of carbonyl (C=O) groups excluding carboxylic acids is 1. The Hall–Kier alpha value is -2.21. The topological polar surface area (TPSA) is 56.8 Å². The highest BCUT2D eigenvalue weighted by Gasteiger charge is 2.16. The van der Waals surface area contributed by atoms with Gasteiger partial charge in [0.25, 0.3) is 5.91 Å². The summed E-state index contributed by atoms with van der Waals surface area (Å²) in [6.45, 7) is 5.00. The Morgan fingerprint density at radius 1 is 1.12 bits per heavy atom. The van der Waals surface area contributed by atoms with E-state index in [2.05, 4.69) is 21.2 Å². The van der Waals surface area contributed by atoms with Crippen LogP contribution in [0.15, 0.2) is 34.8 Å². The highest BCUT2D eigenvalue weighted by molar-refractivity contribution is 9.10. The maximum absolute atomic E-state index is 12.1. The van der Waals surface area contributed by atoms with Gasteiger partial charge in [0.1, 0.15) is 19.0 Å². The molecule has 24 heavy (non-hydrogen) atoms. The zero-order valence-corrected chi connectivity index (χ0v) is 15.1. The molecule has 0 unspecified atom stereocenters. The summed E-state index contributed by atoms with van der Waals surface area (Å²) in [7, 11) is 0. The van der Waals surface area contributed by atoms with Gasteiger partial charge in [-0.25, -0.2) is 0 Å². The van der Waals surface area contributed by atoms with Gasteiger partial charge in [-0.15, -0.1) is 0 Å². The first-order chi connectivity index (χ1) is 11.5. The second-order valence-corrected chi connectivity index (χ2v) is 6.41. The first-order valence-corrected chi connectivity index (χ1v) is 8.41. The average molecular weight is 392 g/mol. The van der Waals surface area contributed by atoms with Crippen LogP contribution in [0.3, 0.4) is 0 Å². The van der Waals surface area contributed by atoms with Crippen molar-refractivity contribution in [2.24, 2.45) is 0 Å². The van der Waals surface area contributed by atoms with Gasteiger partial charge in [-0.1, -0.05) is 6.07 Å². The number of benzene rings is 2. The minimum atomic E-state index is -0.245. The van der Waals surface area contributed by atoms with Crippen molar-refractivity contribution >= 4 is 27.5 Å². The summed E-state index contributed by atoms with van der Waals surface area (Å²) in [6.07, 6.45) is 0. The fraction of sp³-hybridized carbons (Fsp3) is 0.278. The van der Waals surface area contributed by atoms with Crippen LogP contribution >= 0.6 is 15.9 Å². The number of amides is 1. The summed E-state index contributed by atoms with van der Waals surface area (Å²) < 4.78 is 17.3. The summed E-state index contributed by atoms with van der Waals surface area (Å²) in [5, 5.41) is 2.81. The van der Waals surface area contributed by atoms with Crippen molar-refractivity contribution in [3.8, 4) is 17.2 Å². The van der Waals surface area contributed by atoms with Crippen molar-refractivity contribution in [3.63, 3.8) is 0 Å². The van der Waals surface area contributed by atoms with Gasteiger partial charge in [0.2, 0.25) is 0 Å². The molecule has 2 aromatic carbocycles. The number of anilines is 1. The van der Waals surface area contributed by atoms with E-state index in [-0.39, 0.29) is 12.5 Å². The molecule has 0 bridgehead atoms. The summed E-state index contributed by atoms with van der Waals surface area (Å²) >= 11 is 3.43. The molecule has 0 saturated heterocycles. The first kappa shape index (κ1) is 16.6. The van der Waals surface area contributed by atoms with Gasteiger partial charge >= 0.3 is 0 Å². The summed E-state index contributed by atoms with van der Waals surface area (Å²) in [4.78, 5) is 12.1. The zero-order chi connectivity index (χ0) is 17.1. The molecular formula is C18H18BrNO4. The van der Waals surface area contributed by atoms with Gasteiger partial charge in [-0.3, -0.25) is 4.79 Å². The van der Waals surface area contributed by atoms with Crippen molar-refractivity contribution in [2.75, 3.05) is 25.1 Å². The standard InChI is InChI=1S/C18H18BrNO4/c1-11-3-4-13(7-12(11)2)24-10-18(21)20-15-9-17-16(8-14(15)19)22-5-6-23-17/h3-4,7-9H,5-6,10H2,1-2H3,(H,20,21). The summed E-state index contributed by atoms with van der Waals surface area (Å²) in [5.74, 6) is 1.72. The monoisotopic (exact) mass is 391 g/mol. The van der Waals surface area contributed by atoms with Gasteiger partial charge in [0.05, 0.1) is 5.69 Å². The van der Waals surface area contributed by atoms with Crippen LogP contribution in [-0.4, -0.2) is 25.7 Å². The Labute approximate surface area is 149 Å². The number of rotatable bonds is 4. The second kappa shape index (κ2) is 7.13. The van der Waals surface area contributed by atoms with Crippen LogP contribution in [0, 0.1) is 13.8 Å². The van der Waals surface area contributed by atoms with E-state index in [1.807, 2.05) is 32.0 Å². The normalized spacial score (nSPS) is 12.6. The lowest BCUT2D eigenvalue weighted by molar-refractivity contribution is -0.118. The van der Waals surface area contributed by atoms with Gasteiger partial charge in [-0.2, -0.15) is 0 Å². The SMILES string of the molecule is Cc1ccc(OCC(=O)Nc2cc3c(cc2Br)OCCO3)cc1C. The number of hydrogen-bond donors (Lipinski definition) is 1. The number of fused-ring (bicyclic) bond motifs is 1. The number of halogens is 1. The number of hydrogen-bond acceptors (Lipinski definition) is 4. The highest BCUT2D eigenvalue weighted by atomic mass is 79.9. The molecule has 126 valence electrons. The van der Waals surface area contributed by atoms with Crippen molar-refractivity contribution in [1.82, 2.24) is 0 Å². The van der Waals surface area contributed by atoms with Crippen molar-refractivity contribution in [2.45, 2.75) is 13.8 Å². The van der Waals surface area contributed by atoms with E-state index < -0.39 is 0 Å². The summed E-state index contributed by atoms with van der Waals surface area (Å²) in [5.41, 5.74) is 2.93. The van der Waals surface area contributed by atoms with E-state index in [1.165, 1.54) is 5.56 Å². The van der Waals surface area contributed by atoms with Crippen LogP contribution in [0.1, 0.15) is 11.1 Å². The molecule has 6 heteroatoms. The number of carbonyl (C=O) groups is 1. The van der Waals surface area contributed by atoms with Crippen LogP contribution in [0.25, 0.3) is 0 Å². The predicted octanol–water partition coefficient (Wildman–Crippen LogP) is 3.85. The predicted molar refractivity (Wildman–Crippen MR) is 95.2 cm³/mol. The van der Waals surface area contributed by atoms with Crippen LogP contribution in [0.4, 0.5) is 5.69 Å². The molecular weight excluding hydrogens is 374 g/mol. The molecule has 1 aliphatic rings. The molecule has 1 heterocycles. The van der Waals surface area contributed by atoms with Crippen LogP contribution < -0.4 is 19.5 Å². The average Bonchev–Trinajstić information content (AvgIpc) is 2.56.